The molecule has 1 aromatic rings. The molecule has 5 heteroatoms. The maximum atomic E-state index is 11.8. The van der Waals surface area contributed by atoms with E-state index < -0.39 is 19.4 Å². The molecule has 0 aromatic heterocycles. The van der Waals surface area contributed by atoms with Crippen molar-refractivity contribution in [1.29, 1.82) is 0 Å². The summed E-state index contributed by atoms with van der Waals surface area (Å²) in [5.74, 6) is 0.128. The molecule has 0 amide bonds. The van der Waals surface area contributed by atoms with Gasteiger partial charge in [0.2, 0.25) is 0 Å². The van der Waals surface area contributed by atoms with Gasteiger partial charge in [0.25, 0.3) is 0 Å². The van der Waals surface area contributed by atoms with Gasteiger partial charge in [-0.05, 0) is 49.1 Å². The lowest BCUT2D eigenvalue weighted by atomic mass is 9.94. The summed E-state index contributed by atoms with van der Waals surface area (Å²) < 4.78 is 11.8. The first-order valence-electron chi connectivity index (χ1n) is 9.67. The average Bonchev–Trinajstić information content (AvgIpc) is 3.04. The Balaban J connectivity index is 1.85. The zero-order valence-corrected chi connectivity index (χ0v) is 16.3. The van der Waals surface area contributed by atoms with Crippen LogP contribution in [0.25, 0.3) is 0 Å². The van der Waals surface area contributed by atoms with Crippen LogP contribution in [0.3, 0.4) is 0 Å². The van der Waals surface area contributed by atoms with Crippen molar-refractivity contribution in [3.8, 4) is 0 Å². The van der Waals surface area contributed by atoms with Crippen LogP contribution >= 0.6 is 7.60 Å². The van der Waals surface area contributed by atoms with Gasteiger partial charge in [-0.2, -0.15) is 0 Å². The highest BCUT2D eigenvalue weighted by molar-refractivity contribution is 7.53. The van der Waals surface area contributed by atoms with Crippen LogP contribution in [0.4, 0.5) is 0 Å². The van der Waals surface area contributed by atoms with Crippen LogP contribution in [-0.4, -0.2) is 26.7 Å². The van der Waals surface area contributed by atoms with Crippen LogP contribution in [-0.2, 0) is 11.0 Å². The summed E-state index contributed by atoms with van der Waals surface area (Å²) in [7, 11) is -4.29. The minimum atomic E-state index is -4.29. The Morgan fingerprint density at radius 2 is 1.72 bits per heavy atom. The van der Waals surface area contributed by atoms with Crippen molar-refractivity contribution < 1.29 is 19.5 Å². The van der Waals surface area contributed by atoms with E-state index in [1.54, 1.807) is 0 Å². The standard InChI is InChI=1S/C20H33O4P/c1-2-3-4-5-6-7-8-17-9-11-18(12-10-17)19-13-14-20(15-19,16-21)25(22,23)24/h9-12,19,21H,2-8,13-16H2,1H3,(H2,22,23,24). The minimum Gasteiger partial charge on any atom is -0.395 e. The number of rotatable bonds is 10. The molecule has 0 aliphatic heterocycles. The van der Waals surface area contributed by atoms with Crippen LogP contribution in [0.5, 0.6) is 0 Å². The van der Waals surface area contributed by atoms with E-state index in [1.807, 2.05) is 0 Å². The Labute approximate surface area is 151 Å². The van der Waals surface area contributed by atoms with Crippen molar-refractivity contribution in [2.45, 2.75) is 82.2 Å². The zero-order chi connectivity index (χ0) is 18.3. The van der Waals surface area contributed by atoms with E-state index in [4.69, 9.17) is 0 Å². The van der Waals surface area contributed by atoms with Crippen LogP contribution < -0.4 is 0 Å². The first kappa shape index (κ1) is 20.6. The van der Waals surface area contributed by atoms with Crippen LogP contribution in [0.2, 0.25) is 0 Å². The molecule has 0 bridgehead atoms. The van der Waals surface area contributed by atoms with Crippen LogP contribution in [0.1, 0.15) is 81.8 Å². The van der Waals surface area contributed by atoms with Crippen molar-refractivity contribution in [2.75, 3.05) is 6.61 Å². The topological polar surface area (TPSA) is 77.8 Å². The summed E-state index contributed by atoms with van der Waals surface area (Å²) in [6, 6.07) is 8.50. The molecule has 1 aliphatic carbocycles. The average molecular weight is 368 g/mol. The van der Waals surface area contributed by atoms with Crippen LogP contribution in [0, 0.1) is 0 Å². The fourth-order valence-electron chi connectivity index (χ4n) is 3.96. The molecule has 4 nitrogen and oxygen atoms in total. The highest BCUT2D eigenvalue weighted by Crippen LogP contribution is 2.61. The van der Waals surface area contributed by atoms with Crippen molar-refractivity contribution in [3.63, 3.8) is 0 Å². The lowest BCUT2D eigenvalue weighted by molar-refractivity contribution is 0.211. The Kier molecular flexibility index (Phi) is 7.69. The second-order valence-corrected chi connectivity index (χ2v) is 9.66. The zero-order valence-electron chi connectivity index (χ0n) is 15.4. The number of unbranched alkanes of at least 4 members (excludes halogenated alkanes) is 5. The highest BCUT2D eigenvalue weighted by atomic mass is 31.2. The Morgan fingerprint density at radius 1 is 1.08 bits per heavy atom. The third kappa shape index (κ3) is 5.40. The van der Waals surface area contributed by atoms with E-state index in [0.717, 1.165) is 18.4 Å². The molecule has 3 N–H and O–H groups in total. The Bertz CT molecular complexity index is 566. The van der Waals surface area contributed by atoms with Gasteiger partial charge in [0.05, 0.1) is 11.8 Å². The van der Waals surface area contributed by atoms with Gasteiger partial charge in [-0.25, -0.2) is 0 Å². The molecule has 0 saturated heterocycles. The monoisotopic (exact) mass is 368 g/mol. The predicted molar refractivity (Wildman–Crippen MR) is 102 cm³/mol. The number of hydrogen-bond acceptors (Lipinski definition) is 2. The molecule has 1 saturated carbocycles. The summed E-state index contributed by atoms with van der Waals surface area (Å²) in [5.41, 5.74) is 2.47. The first-order chi connectivity index (χ1) is 11.9. The van der Waals surface area contributed by atoms with Gasteiger partial charge < -0.3 is 14.9 Å². The molecular weight excluding hydrogens is 335 g/mol. The molecule has 2 rings (SSSR count). The van der Waals surface area contributed by atoms with Gasteiger partial charge in [-0.3, -0.25) is 4.57 Å². The quantitative estimate of drug-likeness (QED) is 0.411. The molecule has 1 aromatic carbocycles. The Hall–Kier alpha value is -0.670. The van der Waals surface area contributed by atoms with Crippen molar-refractivity contribution in [2.24, 2.45) is 0 Å². The summed E-state index contributed by atoms with van der Waals surface area (Å²) in [5, 5.41) is 8.30. The minimum absolute atomic E-state index is 0.128. The van der Waals surface area contributed by atoms with Gasteiger partial charge in [0.15, 0.2) is 0 Å². The fraction of sp³-hybridized carbons (Fsp3) is 0.700. The smallest absolute Gasteiger partial charge is 0.333 e. The van der Waals surface area contributed by atoms with Gasteiger partial charge in [0.1, 0.15) is 0 Å². The molecule has 25 heavy (non-hydrogen) atoms. The maximum absolute atomic E-state index is 11.8. The predicted octanol–water partition coefficient (Wildman–Crippen LogP) is 4.77. The molecule has 1 fully saturated rings. The van der Waals surface area contributed by atoms with Crippen molar-refractivity contribution in [1.82, 2.24) is 0 Å². The number of benzene rings is 1. The molecule has 1 aliphatic rings. The molecule has 142 valence electrons. The number of hydrogen-bond donors (Lipinski definition) is 3. The molecule has 2 atom stereocenters. The van der Waals surface area contributed by atoms with E-state index in [9.17, 15) is 19.5 Å². The van der Waals surface area contributed by atoms with Gasteiger partial charge in [-0.15, -0.1) is 0 Å². The summed E-state index contributed by atoms with van der Waals surface area (Å²) >= 11 is 0. The molecule has 2 unspecified atom stereocenters. The maximum Gasteiger partial charge on any atom is 0.333 e. The normalized spacial score (nSPS) is 23.9. The van der Waals surface area contributed by atoms with Crippen LogP contribution in [0.15, 0.2) is 24.3 Å². The van der Waals surface area contributed by atoms with E-state index >= 15 is 0 Å². The summed E-state index contributed by atoms with van der Waals surface area (Å²) in [6.07, 6.45) is 10.3. The molecule has 0 heterocycles. The van der Waals surface area contributed by atoms with Crippen molar-refractivity contribution in [3.05, 3.63) is 35.4 Å². The first-order valence-corrected chi connectivity index (χ1v) is 11.3. The van der Waals surface area contributed by atoms with E-state index in [0.29, 0.717) is 12.8 Å². The highest BCUT2D eigenvalue weighted by Gasteiger charge is 2.51. The SMILES string of the molecule is CCCCCCCCc1ccc(C2CCC(CO)(P(=O)(O)O)C2)cc1. The third-order valence-electron chi connectivity index (χ3n) is 5.77. The second kappa shape index (κ2) is 9.32. The van der Waals surface area contributed by atoms with Gasteiger partial charge in [0, 0.05) is 0 Å². The third-order valence-corrected chi connectivity index (χ3v) is 7.55. The number of aliphatic hydroxyl groups is 1. The molecule has 0 radical (unpaired) electrons. The summed E-state index contributed by atoms with van der Waals surface area (Å²) in [4.78, 5) is 19.2. The summed E-state index contributed by atoms with van der Waals surface area (Å²) in [6.45, 7) is 1.79. The van der Waals surface area contributed by atoms with Gasteiger partial charge in [-0.1, -0.05) is 63.3 Å². The molecule has 0 spiro atoms. The van der Waals surface area contributed by atoms with Gasteiger partial charge >= 0.3 is 7.60 Å². The lowest BCUT2D eigenvalue weighted by Crippen LogP contribution is -2.30. The van der Waals surface area contributed by atoms with Crippen molar-refractivity contribution >= 4 is 7.60 Å². The Morgan fingerprint density at radius 3 is 2.28 bits per heavy atom. The number of aliphatic hydroxyl groups excluding tert-OH is 1. The second-order valence-electron chi connectivity index (χ2n) is 7.63. The fourth-order valence-corrected chi connectivity index (χ4v) is 5.02. The molecular formula is C20H33O4P. The van der Waals surface area contributed by atoms with E-state index in [-0.39, 0.29) is 5.92 Å². The number of aryl methyl sites for hydroxylation is 1. The lowest BCUT2D eigenvalue weighted by Gasteiger charge is -2.27. The van der Waals surface area contributed by atoms with E-state index in [2.05, 4.69) is 31.2 Å². The largest absolute Gasteiger partial charge is 0.395 e. The van der Waals surface area contributed by atoms with E-state index in [1.165, 1.54) is 44.1 Å².